The van der Waals surface area contributed by atoms with E-state index in [-0.39, 0.29) is 19.9 Å². The highest BCUT2D eigenvalue weighted by molar-refractivity contribution is 6.03. The molecule has 9 N–H and O–H groups in total. The second-order valence-electron chi connectivity index (χ2n) is 32.2. The van der Waals surface area contributed by atoms with E-state index < -0.39 is 5.97 Å². The quantitative estimate of drug-likeness (QED) is 0.0182. The van der Waals surface area contributed by atoms with Crippen molar-refractivity contribution < 1.29 is 66.9 Å². The third-order valence-electron chi connectivity index (χ3n) is 24.5. The predicted molar refractivity (Wildman–Crippen MR) is 525 cm³/mol. The molecular weight excluding hydrogens is 1650 g/mol. The van der Waals surface area contributed by atoms with Crippen LogP contribution in [0.3, 0.4) is 0 Å². The molecule has 1 amide bonds. The van der Waals surface area contributed by atoms with Crippen LogP contribution >= 0.6 is 0 Å². The summed E-state index contributed by atoms with van der Waals surface area (Å²) in [7, 11) is 16.6. The van der Waals surface area contributed by atoms with Gasteiger partial charge in [0, 0.05) is 135 Å². The second kappa shape index (κ2) is 48.0. The third-order valence-corrected chi connectivity index (χ3v) is 24.5. The number of nitrogens with zero attached hydrogens (tertiary/aromatic N) is 2. The van der Waals surface area contributed by atoms with Crippen molar-refractivity contribution in [2.45, 2.75) is 129 Å². The Labute approximate surface area is 767 Å². The Balaban J connectivity index is 0.000000144. The van der Waals surface area contributed by atoms with Gasteiger partial charge in [-0.05, 0) is 261 Å². The SMILES string of the molecule is C.COc1cc2c(cc1OC)C(CCc1c[nH]c3ccccc13)=NCC2.COc1cc2c(cc1OC)C(CCc1c[nH]c3ccccc13)N(C=O)CC2.COc1cc2c(cc1OC)C(CCc1c[nH]c3ccccc13)NCC2.COc1ccc(CCCC(=O)CCc2c[nH]c3ccccc23)cc1OC.COc1ccc(CCN)cc1OC.O=C(O)CCc1c[nH]c2ccccc12. The number of carboxylic acid groups (broad SMARTS) is 1. The fourth-order valence-electron chi connectivity index (χ4n) is 17.6. The molecule has 0 saturated carbocycles. The average molecular weight is 1770 g/mol. The molecule has 0 radical (unpaired) electrons. The van der Waals surface area contributed by atoms with Crippen molar-refractivity contribution in [3.05, 3.63) is 297 Å². The van der Waals surface area contributed by atoms with E-state index in [2.05, 4.69) is 158 Å². The molecule has 686 valence electrons. The highest BCUT2D eigenvalue weighted by Gasteiger charge is 2.30. The lowest BCUT2D eigenvalue weighted by molar-refractivity contribution is -0.137. The third kappa shape index (κ3) is 24.4. The molecule has 5 aromatic heterocycles. The van der Waals surface area contributed by atoms with Gasteiger partial charge in [-0.2, -0.15) is 0 Å². The van der Waals surface area contributed by atoms with Gasteiger partial charge in [0.25, 0.3) is 0 Å². The number of hydrogen-bond donors (Lipinski definition) is 8. The van der Waals surface area contributed by atoms with Crippen molar-refractivity contribution >= 4 is 78.4 Å². The monoisotopic (exact) mass is 1770 g/mol. The minimum absolute atomic E-state index is 0. The van der Waals surface area contributed by atoms with Gasteiger partial charge in [0.15, 0.2) is 57.5 Å². The second-order valence-corrected chi connectivity index (χ2v) is 32.2. The zero-order chi connectivity index (χ0) is 91.3. The number of aromatic nitrogens is 5. The molecule has 0 bridgehead atoms. The summed E-state index contributed by atoms with van der Waals surface area (Å²) < 4.78 is 53.6. The Morgan fingerprint density at radius 3 is 1.24 bits per heavy atom. The molecule has 3 aliphatic rings. The fraction of sp³-hybridized carbons (Fsp3) is 0.315. The maximum atomic E-state index is 12.2. The average Bonchev–Trinajstić information content (AvgIpc) is 1.04. The topological polar surface area (TPSA) is 296 Å². The first kappa shape index (κ1) is 96.2. The number of Topliss-reactive ketones (excluding diaryl/α,β-unsaturated/α-hetero) is 1. The van der Waals surface area contributed by atoms with Gasteiger partial charge in [0.05, 0.1) is 77.1 Å². The highest BCUT2D eigenvalue weighted by atomic mass is 16.5. The number of nitrogens with two attached hydrogens (primary N) is 1. The molecule has 2 atom stereocenters. The maximum Gasteiger partial charge on any atom is 0.303 e. The Kier molecular flexibility index (Phi) is 35.2. The number of ketones is 1. The van der Waals surface area contributed by atoms with Crippen LogP contribution < -0.4 is 58.4 Å². The molecule has 23 nitrogen and oxygen atoms in total. The summed E-state index contributed by atoms with van der Waals surface area (Å²) in [5.74, 6) is 7.17. The molecule has 8 heterocycles. The molecule has 131 heavy (non-hydrogen) atoms. The molecule has 3 aliphatic heterocycles. The van der Waals surface area contributed by atoms with E-state index in [4.69, 9.17) is 63.2 Å². The van der Waals surface area contributed by atoms with Gasteiger partial charge in [0.2, 0.25) is 6.41 Å². The number of carboxylic acids is 1. The molecule has 18 rings (SSSR count). The summed E-state index contributed by atoms with van der Waals surface area (Å²) in [5, 5.41) is 18.4. The van der Waals surface area contributed by atoms with Crippen molar-refractivity contribution in [1.82, 2.24) is 35.1 Å². The summed E-state index contributed by atoms with van der Waals surface area (Å²) in [5.41, 5.74) is 28.5. The number of para-hydroxylation sites is 5. The Bertz CT molecular complexity index is 6290. The molecular formula is C108H125N9O14. The maximum absolute atomic E-state index is 12.2. The van der Waals surface area contributed by atoms with E-state index in [0.717, 1.165) is 206 Å². The van der Waals surface area contributed by atoms with Crippen LogP contribution in [0.1, 0.15) is 137 Å². The van der Waals surface area contributed by atoms with Crippen LogP contribution in [-0.2, 0) is 78.6 Å². The van der Waals surface area contributed by atoms with E-state index in [1.807, 2.05) is 102 Å². The minimum Gasteiger partial charge on any atom is -0.493 e. The van der Waals surface area contributed by atoms with E-state index in [9.17, 15) is 14.4 Å². The molecule has 23 heteroatoms. The van der Waals surface area contributed by atoms with Gasteiger partial charge in [0.1, 0.15) is 5.78 Å². The molecule has 15 aromatic rings. The van der Waals surface area contributed by atoms with Gasteiger partial charge in [-0.1, -0.05) is 111 Å². The summed E-state index contributed by atoms with van der Waals surface area (Å²) in [4.78, 5) is 57.5. The zero-order valence-electron chi connectivity index (χ0n) is 76.2. The number of carbonyl (C=O) groups excluding carboxylic acids is 2. The van der Waals surface area contributed by atoms with Crippen molar-refractivity contribution in [1.29, 1.82) is 0 Å². The van der Waals surface area contributed by atoms with E-state index in [0.29, 0.717) is 43.4 Å². The number of aromatic amines is 5. The van der Waals surface area contributed by atoms with Crippen molar-refractivity contribution in [3.8, 4) is 57.5 Å². The van der Waals surface area contributed by atoms with E-state index in [1.165, 1.54) is 88.2 Å². The van der Waals surface area contributed by atoms with Crippen LogP contribution in [0.25, 0.3) is 54.5 Å². The number of rotatable bonds is 32. The first-order valence-electron chi connectivity index (χ1n) is 44.5. The number of aliphatic imine (C=N–C) groups is 1. The summed E-state index contributed by atoms with van der Waals surface area (Å²) in [6, 6.07) is 66.0. The van der Waals surface area contributed by atoms with Crippen molar-refractivity contribution in [2.24, 2.45) is 10.7 Å². The van der Waals surface area contributed by atoms with Crippen LogP contribution in [-0.4, -0.2) is 156 Å². The van der Waals surface area contributed by atoms with Gasteiger partial charge in [-0.15, -0.1) is 0 Å². The molecule has 10 aromatic carbocycles. The lowest BCUT2D eigenvalue weighted by Gasteiger charge is -2.35. The van der Waals surface area contributed by atoms with E-state index >= 15 is 0 Å². The normalized spacial score (nSPS) is 13.3. The standard InChI is InChI=1S/C22H24N2O3.C22H25NO3.C21H24N2O2.C21H22N2O2.C11H11NO2.C10H15NO2.CH4/c1-26-21-11-15-9-10-24(14-25)20(18(15)12-22(21)27-2)8-7-16-13-23-19-6-4-3-5-17(16)19;1-25-21-13-10-16(14-22(21)26-2)6-5-7-18(24)12-11-17-15-23-20-9-4-3-8-19(17)20;2*1-24-20-11-14-9-10-22-19(17(14)12-21(20)25-2)8-7-15-13-23-18-6-4-3-5-16(15)18;13-11(14)6-5-8-7-12-10-4-2-1-3-9(8)10;1-12-9-4-3-8(5-6-11)7-10(9)13-2;/h3-6,11-14,20,23H,7-10H2,1-2H3;3-4,8-10,13-15,23H,5-7,11-12H2,1-2H3;3-6,11-13,19,22-23H,7-10H2,1-2H3;3-6,11-13,23H,7-10H2,1-2H3;1-4,7,12H,5-6H2,(H,13,14);3-4,7H,5-6,11H2,1-2H3;1H4. The van der Waals surface area contributed by atoms with Crippen LogP contribution in [0.4, 0.5) is 0 Å². The number of aliphatic carboxylic acids is 1. The number of H-pyrrole nitrogens is 5. The molecule has 0 aliphatic carbocycles. The van der Waals surface area contributed by atoms with Gasteiger partial charge in [-0.3, -0.25) is 19.4 Å². The van der Waals surface area contributed by atoms with Gasteiger partial charge < -0.3 is 93.3 Å². The number of fused-ring (bicyclic) bond motifs is 8. The number of benzene rings is 10. The van der Waals surface area contributed by atoms with Gasteiger partial charge in [-0.25, -0.2) is 0 Å². The largest absolute Gasteiger partial charge is 0.493 e. The van der Waals surface area contributed by atoms with Crippen LogP contribution in [0.15, 0.2) is 230 Å². The number of methoxy groups -OCH3 is 10. The minimum atomic E-state index is -0.754. The van der Waals surface area contributed by atoms with Gasteiger partial charge >= 0.3 is 5.97 Å². The van der Waals surface area contributed by atoms with E-state index in [1.54, 1.807) is 71.1 Å². The lowest BCUT2D eigenvalue weighted by Crippen LogP contribution is -2.34. The Morgan fingerprint density at radius 1 is 0.405 bits per heavy atom. The summed E-state index contributed by atoms with van der Waals surface area (Å²) >= 11 is 0. The number of ether oxygens (including phenoxy) is 10. The number of nitrogens with one attached hydrogen (secondary N) is 6. The number of aryl methyl sites for hydroxylation is 6. The van der Waals surface area contributed by atoms with Crippen LogP contribution in [0.5, 0.6) is 57.5 Å². The molecule has 0 saturated heterocycles. The highest BCUT2D eigenvalue weighted by Crippen LogP contribution is 2.42. The first-order chi connectivity index (χ1) is 63.6. The first-order valence-corrected chi connectivity index (χ1v) is 44.5. The van der Waals surface area contributed by atoms with Crippen molar-refractivity contribution in [3.63, 3.8) is 0 Å². The smallest absolute Gasteiger partial charge is 0.303 e. The number of amides is 1. The number of carbonyl (C=O) groups is 3. The fourth-order valence-corrected chi connectivity index (χ4v) is 17.6. The summed E-state index contributed by atoms with van der Waals surface area (Å²) in [6.07, 6.45) is 25.1. The zero-order valence-corrected chi connectivity index (χ0v) is 76.2. The Hall–Kier alpha value is -13.9. The molecule has 2 unspecified atom stereocenters. The Morgan fingerprint density at radius 2 is 0.794 bits per heavy atom. The predicted octanol–water partition coefficient (Wildman–Crippen LogP) is 20.8. The van der Waals surface area contributed by atoms with Crippen LogP contribution in [0, 0.1) is 0 Å². The molecule has 0 spiro atoms. The lowest BCUT2D eigenvalue weighted by atomic mass is 9.88. The summed E-state index contributed by atoms with van der Waals surface area (Å²) in [6.45, 7) is 3.22. The molecule has 0 fully saturated rings. The van der Waals surface area contributed by atoms with Crippen molar-refractivity contribution in [2.75, 3.05) is 97.3 Å². The number of hydrogen-bond acceptors (Lipinski definition) is 16. The van der Waals surface area contributed by atoms with Crippen LogP contribution in [0.2, 0.25) is 0 Å².